The van der Waals surface area contributed by atoms with E-state index in [9.17, 15) is 8.42 Å². The van der Waals surface area contributed by atoms with Crippen LogP contribution >= 0.6 is 0 Å². The third-order valence-electron chi connectivity index (χ3n) is 3.19. The van der Waals surface area contributed by atoms with Gasteiger partial charge in [-0.2, -0.15) is 4.40 Å². The van der Waals surface area contributed by atoms with Crippen LogP contribution in [-0.4, -0.2) is 39.5 Å². The Morgan fingerprint density at radius 2 is 1.30 bits per heavy atom. The van der Waals surface area contributed by atoms with Gasteiger partial charge in [0.05, 0.1) is 5.75 Å². The summed E-state index contributed by atoms with van der Waals surface area (Å²) in [5, 5.41) is 0. The number of sulfonamides is 1. The predicted molar refractivity (Wildman–Crippen MR) is 87.8 cm³/mol. The van der Waals surface area contributed by atoms with Crippen LogP contribution in [0.5, 0.6) is 0 Å². The molecule has 4 nitrogen and oxygen atoms in total. The van der Waals surface area contributed by atoms with Gasteiger partial charge in [-0.1, -0.05) is 64.7 Å². The lowest BCUT2D eigenvalue weighted by atomic mass is 10.1. The van der Waals surface area contributed by atoms with Crippen LogP contribution in [0, 0.1) is 0 Å². The van der Waals surface area contributed by atoms with Crippen LogP contribution in [0.3, 0.4) is 0 Å². The van der Waals surface area contributed by atoms with Crippen molar-refractivity contribution in [1.29, 1.82) is 0 Å². The second kappa shape index (κ2) is 12.2. The zero-order valence-electron chi connectivity index (χ0n) is 13.5. The van der Waals surface area contributed by atoms with Gasteiger partial charge in [-0.15, -0.1) is 0 Å². The Hall–Kier alpha value is -0.580. The summed E-state index contributed by atoms with van der Waals surface area (Å²) >= 11 is 0. The van der Waals surface area contributed by atoms with E-state index in [1.807, 2.05) is 0 Å². The standard InChI is InChI=1S/C15H32N2O2S/c1-4-5-6-7-8-9-10-11-12-13-14-20(18,19)16-15-17(2)3/h15H,4-14H2,1-3H3. The lowest BCUT2D eigenvalue weighted by molar-refractivity contribution is 0.558. The van der Waals surface area contributed by atoms with Gasteiger partial charge in [0.2, 0.25) is 0 Å². The molecule has 120 valence electrons. The highest BCUT2D eigenvalue weighted by atomic mass is 32.2. The molecule has 0 saturated heterocycles. The molecule has 0 aliphatic carbocycles. The third kappa shape index (κ3) is 13.8. The fourth-order valence-electron chi connectivity index (χ4n) is 1.99. The number of hydrogen-bond donors (Lipinski definition) is 0. The topological polar surface area (TPSA) is 49.7 Å². The zero-order valence-corrected chi connectivity index (χ0v) is 14.3. The lowest BCUT2D eigenvalue weighted by Crippen LogP contribution is -2.11. The summed E-state index contributed by atoms with van der Waals surface area (Å²) in [6.45, 7) is 2.23. The lowest BCUT2D eigenvalue weighted by Gasteiger charge is -2.04. The van der Waals surface area contributed by atoms with Crippen molar-refractivity contribution in [3.8, 4) is 0 Å². The summed E-state index contributed by atoms with van der Waals surface area (Å²) < 4.78 is 26.7. The minimum Gasteiger partial charge on any atom is -0.368 e. The molecule has 0 unspecified atom stereocenters. The molecule has 0 radical (unpaired) electrons. The number of rotatable bonds is 13. The van der Waals surface area contributed by atoms with E-state index in [4.69, 9.17) is 0 Å². The summed E-state index contributed by atoms with van der Waals surface area (Å²) in [5.41, 5.74) is 0. The molecule has 0 bridgehead atoms. The molecule has 0 fully saturated rings. The van der Waals surface area contributed by atoms with Gasteiger partial charge in [0, 0.05) is 14.1 Å². The Morgan fingerprint density at radius 3 is 1.75 bits per heavy atom. The molecule has 0 amide bonds. The fourth-order valence-corrected chi connectivity index (χ4v) is 3.00. The quantitative estimate of drug-likeness (QED) is 0.295. The van der Waals surface area contributed by atoms with Crippen molar-refractivity contribution in [2.24, 2.45) is 4.40 Å². The molecule has 0 heterocycles. The summed E-state index contributed by atoms with van der Waals surface area (Å²) in [5.74, 6) is 0.174. The zero-order chi connectivity index (χ0) is 15.3. The maximum absolute atomic E-state index is 11.5. The minimum atomic E-state index is -3.26. The highest BCUT2D eigenvalue weighted by Gasteiger charge is 2.06. The van der Waals surface area contributed by atoms with Crippen LogP contribution in [0.15, 0.2) is 4.40 Å². The van der Waals surface area contributed by atoms with Crippen LogP contribution in [0.2, 0.25) is 0 Å². The second-order valence-corrected chi connectivity index (χ2v) is 7.44. The van der Waals surface area contributed by atoms with E-state index in [0.29, 0.717) is 0 Å². The molecule has 0 spiro atoms. The first-order valence-corrected chi connectivity index (χ1v) is 9.53. The van der Waals surface area contributed by atoms with E-state index in [0.717, 1.165) is 19.3 Å². The van der Waals surface area contributed by atoms with E-state index in [1.165, 1.54) is 51.3 Å². The molecule has 5 heteroatoms. The van der Waals surface area contributed by atoms with Gasteiger partial charge in [0.1, 0.15) is 6.34 Å². The highest BCUT2D eigenvalue weighted by Crippen LogP contribution is 2.11. The molecule has 0 saturated carbocycles. The highest BCUT2D eigenvalue weighted by molar-refractivity contribution is 7.90. The molecule has 0 aromatic rings. The summed E-state index contributed by atoms with van der Waals surface area (Å²) in [6, 6.07) is 0. The van der Waals surface area contributed by atoms with Crippen molar-refractivity contribution in [3.63, 3.8) is 0 Å². The molecule has 0 aromatic carbocycles. The molecular weight excluding hydrogens is 272 g/mol. The van der Waals surface area contributed by atoms with Crippen molar-refractivity contribution in [2.45, 2.75) is 71.1 Å². The molecule has 0 atom stereocenters. The van der Waals surface area contributed by atoms with Crippen LogP contribution in [0.1, 0.15) is 71.1 Å². The second-order valence-electron chi connectivity index (χ2n) is 5.65. The smallest absolute Gasteiger partial charge is 0.254 e. The van der Waals surface area contributed by atoms with Crippen molar-refractivity contribution in [2.75, 3.05) is 19.8 Å². The fraction of sp³-hybridized carbons (Fsp3) is 0.933. The largest absolute Gasteiger partial charge is 0.368 e. The molecule has 20 heavy (non-hydrogen) atoms. The van der Waals surface area contributed by atoms with Gasteiger partial charge in [-0.25, -0.2) is 8.42 Å². The average molecular weight is 304 g/mol. The Labute approximate surface area is 125 Å². The Kier molecular flexibility index (Phi) is 11.8. The van der Waals surface area contributed by atoms with Gasteiger partial charge in [-0.3, -0.25) is 0 Å². The summed E-state index contributed by atoms with van der Waals surface area (Å²) in [4.78, 5) is 1.64. The van der Waals surface area contributed by atoms with Crippen LogP contribution in [0.25, 0.3) is 0 Å². The Morgan fingerprint density at radius 1 is 0.850 bits per heavy atom. The number of nitrogens with zero attached hydrogens (tertiary/aromatic N) is 2. The van der Waals surface area contributed by atoms with E-state index in [1.54, 1.807) is 19.0 Å². The molecule has 0 aliphatic heterocycles. The normalized spacial score (nSPS) is 12.2. The van der Waals surface area contributed by atoms with Gasteiger partial charge >= 0.3 is 0 Å². The predicted octanol–water partition coefficient (Wildman–Crippen LogP) is 3.83. The van der Waals surface area contributed by atoms with Gasteiger partial charge in [0.25, 0.3) is 10.0 Å². The summed E-state index contributed by atoms with van der Waals surface area (Å²) in [6.07, 6.45) is 13.4. The number of unbranched alkanes of at least 4 members (excludes halogenated alkanes) is 9. The monoisotopic (exact) mass is 304 g/mol. The van der Waals surface area contributed by atoms with Crippen molar-refractivity contribution in [1.82, 2.24) is 4.90 Å². The van der Waals surface area contributed by atoms with Crippen LogP contribution in [0.4, 0.5) is 0 Å². The molecule has 0 aromatic heterocycles. The Balaban J connectivity index is 3.44. The van der Waals surface area contributed by atoms with Crippen molar-refractivity contribution < 1.29 is 8.42 Å². The molecular formula is C15H32N2O2S. The first-order chi connectivity index (χ1) is 9.48. The van der Waals surface area contributed by atoms with Crippen molar-refractivity contribution in [3.05, 3.63) is 0 Å². The summed E-state index contributed by atoms with van der Waals surface area (Å²) in [7, 11) is 0.270. The maximum atomic E-state index is 11.5. The SMILES string of the molecule is CCCCCCCCCCCCS(=O)(=O)N=CN(C)C. The van der Waals surface area contributed by atoms with E-state index < -0.39 is 10.0 Å². The van der Waals surface area contributed by atoms with Crippen molar-refractivity contribution >= 4 is 16.4 Å². The number of hydrogen-bond acceptors (Lipinski definition) is 2. The minimum absolute atomic E-state index is 0.174. The van der Waals surface area contributed by atoms with E-state index >= 15 is 0 Å². The molecule has 0 rings (SSSR count). The maximum Gasteiger partial charge on any atom is 0.254 e. The van der Waals surface area contributed by atoms with Gasteiger partial charge in [-0.05, 0) is 6.42 Å². The van der Waals surface area contributed by atoms with E-state index in [2.05, 4.69) is 11.3 Å². The van der Waals surface area contributed by atoms with Crippen LogP contribution in [-0.2, 0) is 10.0 Å². The van der Waals surface area contributed by atoms with E-state index in [-0.39, 0.29) is 5.75 Å². The third-order valence-corrected chi connectivity index (χ3v) is 4.41. The average Bonchev–Trinajstić information content (AvgIpc) is 2.39. The Bertz CT molecular complexity index is 338. The first kappa shape index (κ1) is 19.4. The first-order valence-electron chi connectivity index (χ1n) is 7.92. The molecule has 0 aliphatic rings. The van der Waals surface area contributed by atoms with Crippen LogP contribution < -0.4 is 0 Å². The molecule has 0 N–H and O–H groups in total. The van der Waals surface area contributed by atoms with Gasteiger partial charge in [0.15, 0.2) is 0 Å². The van der Waals surface area contributed by atoms with Gasteiger partial charge < -0.3 is 4.90 Å².